The number of para-hydroxylation sites is 1. The highest BCUT2D eigenvalue weighted by Gasteiger charge is 2.43. The van der Waals surface area contributed by atoms with E-state index >= 15 is 0 Å². The number of nitrogens with one attached hydrogen (secondary N) is 1. The molecule has 3 heterocycles. The molecule has 0 aromatic heterocycles. The van der Waals surface area contributed by atoms with Gasteiger partial charge in [0.25, 0.3) is 0 Å². The Hall–Kier alpha value is -1.40. The maximum atomic E-state index is 12.5. The van der Waals surface area contributed by atoms with Crippen LogP contribution in [0.5, 0.6) is 0 Å². The molecule has 2 fully saturated rings. The molecule has 1 aromatic rings. The first-order valence-electron chi connectivity index (χ1n) is 6.55. The number of rotatable bonds is 0. The first kappa shape index (κ1) is 11.4. The van der Waals surface area contributed by atoms with Crippen molar-refractivity contribution < 1.29 is 8.42 Å². The molecule has 2 atom stereocenters. The van der Waals surface area contributed by atoms with Crippen LogP contribution in [0.4, 0.5) is 5.69 Å². The predicted octanol–water partition coefficient (Wildman–Crippen LogP) is 0.613. The van der Waals surface area contributed by atoms with E-state index in [0.717, 1.165) is 26.2 Å². The molecule has 0 spiro atoms. The minimum Gasteiger partial charge on any atom is -0.346 e. The van der Waals surface area contributed by atoms with Crippen molar-refractivity contribution in [3.8, 4) is 0 Å². The third-order valence-corrected chi connectivity index (χ3v) is 6.03. The molecule has 0 aliphatic carbocycles. The van der Waals surface area contributed by atoms with E-state index in [-0.39, 0.29) is 5.17 Å². The van der Waals surface area contributed by atoms with Crippen LogP contribution >= 0.6 is 0 Å². The Morgan fingerprint density at radius 1 is 1.16 bits per heavy atom. The summed E-state index contributed by atoms with van der Waals surface area (Å²) in [6.45, 7) is 3.57. The summed E-state index contributed by atoms with van der Waals surface area (Å²) in [5, 5.41) is 3.61. The Morgan fingerprint density at radius 2 is 1.84 bits per heavy atom. The summed E-state index contributed by atoms with van der Waals surface area (Å²) in [4.78, 5) is 6.65. The van der Waals surface area contributed by atoms with Gasteiger partial charge in [-0.2, -0.15) is 0 Å². The SMILES string of the molecule is O=S1(=O)C(N2CC3CNCC3C2)=Nc2ccccc21. The fraction of sp³-hybridized carbons (Fsp3) is 0.462. The second-order valence-corrected chi connectivity index (χ2v) is 7.26. The average molecular weight is 277 g/mol. The zero-order valence-corrected chi connectivity index (χ0v) is 11.2. The van der Waals surface area contributed by atoms with E-state index in [4.69, 9.17) is 0 Å². The van der Waals surface area contributed by atoms with Crippen molar-refractivity contribution in [3.05, 3.63) is 24.3 Å². The molecule has 6 heteroatoms. The Kier molecular flexibility index (Phi) is 2.29. The summed E-state index contributed by atoms with van der Waals surface area (Å²) in [6.07, 6.45) is 0. The van der Waals surface area contributed by atoms with E-state index in [1.165, 1.54) is 0 Å². The van der Waals surface area contributed by atoms with E-state index in [2.05, 4.69) is 10.3 Å². The number of nitrogens with zero attached hydrogens (tertiary/aromatic N) is 2. The van der Waals surface area contributed by atoms with Gasteiger partial charge in [-0.15, -0.1) is 0 Å². The lowest BCUT2D eigenvalue weighted by Crippen LogP contribution is -2.35. The number of benzene rings is 1. The normalized spacial score (nSPS) is 31.2. The van der Waals surface area contributed by atoms with E-state index in [1.807, 2.05) is 11.0 Å². The lowest BCUT2D eigenvalue weighted by Gasteiger charge is -2.18. The molecular weight excluding hydrogens is 262 g/mol. The standard InChI is InChI=1S/C13H15N3O2S/c17-19(18)12-4-2-1-3-11(12)15-13(19)16-7-9-5-14-6-10(9)8-16/h1-4,9-10,14H,5-8H2. The van der Waals surface area contributed by atoms with Gasteiger partial charge in [-0.05, 0) is 24.0 Å². The fourth-order valence-electron chi connectivity index (χ4n) is 3.29. The van der Waals surface area contributed by atoms with E-state index in [9.17, 15) is 8.42 Å². The molecule has 5 nitrogen and oxygen atoms in total. The van der Waals surface area contributed by atoms with Crippen LogP contribution in [-0.2, 0) is 9.84 Å². The molecule has 0 saturated carbocycles. The zero-order valence-electron chi connectivity index (χ0n) is 10.4. The molecule has 0 amide bonds. The Labute approximate surface area is 112 Å². The van der Waals surface area contributed by atoms with Crippen LogP contribution in [0.2, 0.25) is 0 Å². The largest absolute Gasteiger partial charge is 0.346 e. The first-order valence-corrected chi connectivity index (χ1v) is 8.03. The lowest BCUT2D eigenvalue weighted by atomic mass is 10.0. The van der Waals surface area contributed by atoms with Gasteiger partial charge >= 0.3 is 0 Å². The lowest BCUT2D eigenvalue weighted by molar-refractivity contribution is 0.472. The molecule has 3 aliphatic heterocycles. The smallest absolute Gasteiger partial charge is 0.241 e. The minimum atomic E-state index is -3.41. The number of hydrogen-bond donors (Lipinski definition) is 1. The van der Waals surface area contributed by atoms with Gasteiger partial charge in [0, 0.05) is 26.2 Å². The summed E-state index contributed by atoms with van der Waals surface area (Å²) in [5.41, 5.74) is 0.577. The average Bonchev–Trinajstić information content (AvgIpc) is 3.01. The summed E-state index contributed by atoms with van der Waals surface area (Å²) < 4.78 is 25.0. The van der Waals surface area contributed by atoms with Gasteiger partial charge < -0.3 is 10.2 Å². The third-order valence-electron chi connectivity index (χ3n) is 4.27. The van der Waals surface area contributed by atoms with Gasteiger partial charge in [-0.25, -0.2) is 13.4 Å². The Bertz CT molecular complexity index is 656. The molecule has 1 N–H and O–H groups in total. The van der Waals surface area contributed by atoms with Crippen LogP contribution < -0.4 is 5.32 Å². The summed E-state index contributed by atoms with van der Waals surface area (Å²) in [6, 6.07) is 6.97. The van der Waals surface area contributed by atoms with Crippen molar-refractivity contribution in [2.24, 2.45) is 16.8 Å². The topological polar surface area (TPSA) is 61.8 Å². The maximum Gasteiger partial charge on any atom is 0.241 e. The van der Waals surface area contributed by atoms with E-state index in [1.54, 1.807) is 18.2 Å². The highest BCUT2D eigenvalue weighted by molar-refractivity contribution is 8.06. The van der Waals surface area contributed by atoms with Crippen LogP contribution in [0, 0.1) is 11.8 Å². The minimum absolute atomic E-state index is 0.253. The van der Waals surface area contributed by atoms with Crippen LogP contribution in [0.1, 0.15) is 0 Å². The molecule has 3 aliphatic rings. The van der Waals surface area contributed by atoms with Crippen LogP contribution in [0.15, 0.2) is 34.2 Å². The number of aliphatic imine (C=N–C) groups is 1. The van der Waals surface area contributed by atoms with Crippen molar-refractivity contribution in [1.82, 2.24) is 10.2 Å². The van der Waals surface area contributed by atoms with Crippen molar-refractivity contribution in [2.45, 2.75) is 4.90 Å². The number of fused-ring (bicyclic) bond motifs is 2. The quantitative estimate of drug-likeness (QED) is 0.755. The fourth-order valence-corrected chi connectivity index (χ4v) is 4.84. The molecular formula is C13H15N3O2S. The summed E-state index contributed by atoms with van der Waals surface area (Å²) >= 11 is 0. The molecule has 0 bridgehead atoms. The maximum absolute atomic E-state index is 12.5. The Balaban J connectivity index is 1.71. The highest BCUT2D eigenvalue weighted by atomic mass is 32.2. The van der Waals surface area contributed by atoms with E-state index < -0.39 is 9.84 Å². The van der Waals surface area contributed by atoms with Gasteiger partial charge in [0.05, 0.1) is 5.69 Å². The van der Waals surface area contributed by atoms with Crippen molar-refractivity contribution in [2.75, 3.05) is 26.2 Å². The van der Waals surface area contributed by atoms with Crippen molar-refractivity contribution in [1.29, 1.82) is 0 Å². The van der Waals surface area contributed by atoms with Gasteiger partial charge in [0.15, 0.2) is 0 Å². The van der Waals surface area contributed by atoms with E-state index in [0.29, 0.717) is 22.4 Å². The third kappa shape index (κ3) is 1.56. The number of hydrogen-bond acceptors (Lipinski definition) is 5. The molecule has 19 heavy (non-hydrogen) atoms. The van der Waals surface area contributed by atoms with Gasteiger partial charge in [0.2, 0.25) is 15.0 Å². The van der Waals surface area contributed by atoms with Crippen molar-refractivity contribution in [3.63, 3.8) is 0 Å². The van der Waals surface area contributed by atoms with Crippen molar-refractivity contribution >= 4 is 20.7 Å². The second-order valence-electron chi connectivity index (χ2n) is 5.45. The molecule has 100 valence electrons. The molecule has 0 radical (unpaired) electrons. The van der Waals surface area contributed by atoms with Gasteiger partial charge in [-0.1, -0.05) is 12.1 Å². The van der Waals surface area contributed by atoms with Gasteiger partial charge in [0.1, 0.15) is 4.90 Å². The Morgan fingerprint density at radius 3 is 2.53 bits per heavy atom. The number of sulfone groups is 1. The summed E-state index contributed by atoms with van der Waals surface area (Å²) in [5.74, 6) is 1.11. The molecule has 2 saturated heterocycles. The number of likely N-dealkylation sites (tertiary alicyclic amines) is 1. The molecule has 1 aromatic carbocycles. The monoisotopic (exact) mass is 277 g/mol. The summed E-state index contributed by atoms with van der Waals surface area (Å²) in [7, 11) is -3.41. The molecule has 4 rings (SSSR count). The first-order chi connectivity index (χ1) is 9.16. The zero-order chi connectivity index (χ0) is 13.0. The highest BCUT2D eigenvalue weighted by Crippen LogP contribution is 2.36. The second kappa shape index (κ2) is 3.80. The number of amidine groups is 1. The van der Waals surface area contributed by atoms with Gasteiger partial charge in [-0.3, -0.25) is 0 Å². The van der Waals surface area contributed by atoms with Crippen LogP contribution in [0.25, 0.3) is 0 Å². The van der Waals surface area contributed by atoms with Crippen LogP contribution in [-0.4, -0.2) is 44.7 Å². The molecule has 2 unspecified atom stereocenters. The van der Waals surface area contributed by atoms with Crippen LogP contribution in [0.3, 0.4) is 0 Å². The predicted molar refractivity (Wildman–Crippen MR) is 72.1 cm³/mol.